The molecule has 14 nitrogen and oxygen atoms in total. The summed E-state index contributed by atoms with van der Waals surface area (Å²) in [4.78, 5) is 41.3. The number of nitrogens with zero attached hydrogens (tertiary/aromatic N) is 2. The summed E-state index contributed by atoms with van der Waals surface area (Å²) in [5.74, 6) is -0.534. The van der Waals surface area contributed by atoms with Gasteiger partial charge in [-0.3, -0.25) is 4.79 Å². The van der Waals surface area contributed by atoms with Crippen molar-refractivity contribution in [2.45, 2.75) is 75.3 Å². The number of ether oxygens (including phenoxy) is 5. The lowest BCUT2D eigenvalue weighted by Gasteiger charge is -2.27. The lowest BCUT2D eigenvalue weighted by Crippen LogP contribution is -2.38. The van der Waals surface area contributed by atoms with Crippen molar-refractivity contribution < 1.29 is 48.3 Å². The monoisotopic (exact) mass is 450 g/mol. The SMILES string of the molecule is O=C(CCC[C@H](CO[N+](=O)[O-])O[N+](=O)[O-])O[C@H]1CO[C@H]2[C@@H]1OC[C@@H]2OC1CCCCO1. The van der Waals surface area contributed by atoms with Crippen LogP contribution in [0.2, 0.25) is 0 Å². The minimum atomic E-state index is -1.16. The molecule has 6 atom stereocenters. The van der Waals surface area contributed by atoms with Crippen LogP contribution in [0.4, 0.5) is 0 Å². The maximum Gasteiger partial charge on any atom is 0.306 e. The van der Waals surface area contributed by atoms with Crippen LogP contribution >= 0.6 is 0 Å². The van der Waals surface area contributed by atoms with E-state index in [9.17, 15) is 25.0 Å². The van der Waals surface area contributed by atoms with Crippen molar-refractivity contribution in [2.75, 3.05) is 26.4 Å². The topological polar surface area (TPSA) is 168 Å². The first-order valence-corrected chi connectivity index (χ1v) is 10.2. The van der Waals surface area contributed by atoms with Crippen LogP contribution in [0.5, 0.6) is 0 Å². The Morgan fingerprint density at radius 1 is 1.03 bits per heavy atom. The Kier molecular flexibility index (Phi) is 8.57. The molecule has 0 amide bonds. The van der Waals surface area contributed by atoms with Gasteiger partial charge in [0.1, 0.15) is 31.0 Å². The highest BCUT2D eigenvalue weighted by Gasteiger charge is 2.50. The molecule has 1 unspecified atom stereocenters. The second-order valence-corrected chi connectivity index (χ2v) is 7.46. The summed E-state index contributed by atoms with van der Waals surface area (Å²) in [7, 11) is 0. The molecule has 0 radical (unpaired) electrons. The third-order valence-electron chi connectivity index (χ3n) is 5.22. The standard InChI is InChI=1S/C17H26N2O12/c20-14(5-3-4-11(31-19(23)24)8-28-18(21)22)29-12-9-26-17-13(10-27-16(12)17)30-15-6-1-2-7-25-15/h11-13,15-17H,1-10H2/t11-,12+,13+,15?,16-,17-/m1/s1. The van der Waals surface area contributed by atoms with Crippen molar-refractivity contribution in [3.05, 3.63) is 20.2 Å². The molecule has 3 rings (SSSR count). The average molecular weight is 450 g/mol. The van der Waals surface area contributed by atoms with Crippen LogP contribution in [0.15, 0.2) is 0 Å². The van der Waals surface area contributed by atoms with Crippen molar-refractivity contribution in [3.8, 4) is 0 Å². The summed E-state index contributed by atoms with van der Waals surface area (Å²) >= 11 is 0. The van der Waals surface area contributed by atoms with Crippen LogP contribution in [-0.4, -0.2) is 79.4 Å². The Hall–Kier alpha value is -2.29. The smallest absolute Gasteiger partial charge is 0.306 e. The van der Waals surface area contributed by atoms with Crippen molar-refractivity contribution >= 4 is 5.97 Å². The zero-order valence-corrected chi connectivity index (χ0v) is 16.8. The van der Waals surface area contributed by atoms with Gasteiger partial charge in [-0.25, -0.2) is 0 Å². The second-order valence-electron chi connectivity index (χ2n) is 7.46. The molecule has 3 saturated heterocycles. The molecule has 31 heavy (non-hydrogen) atoms. The number of carbonyl (C=O) groups is 1. The molecule has 176 valence electrons. The minimum absolute atomic E-state index is 0.00490. The Morgan fingerprint density at radius 3 is 2.45 bits per heavy atom. The first-order chi connectivity index (χ1) is 14.9. The Morgan fingerprint density at radius 2 is 1.77 bits per heavy atom. The molecular formula is C17H26N2O12. The molecule has 3 aliphatic rings. The van der Waals surface area contributed by atoms with Crippen LogP contribution in [0, 0.1) is 20.2 Å². The van der Waals surface area contributed by atoms with E-state index in [2.05, 4.69) is 9.68 Å². The molecule has 3 fully saturated rings. The maximum absolute atomic E-state index is 12.2. The van der Waals surface area contributed by atoms with Gasteiger partial charge >= 0.3 is 5.97 Å². The number of hydrogen-bond acceptors (Lipinski definition) is 12. The van der Waals surface area contributed by atoms with Crippen LogP contribution in [0.25, 0.3) is 0 Å². The summed E-state index contributed by atoms with van der Waals surface area (Å²) in [5.41, 5.74) is 0. The van der Waals surface area contributed by atoms with Gasteiger partial charge in [-0.2, -0.15) is 0 Å². The summed E-state index contributed by atoms with van der Waals surface area (Å²) in [5, 5.41) is 18.6. The summed E-state index contributed by atoms with van der Waals surface area (Å²) in [6, 6.07) is 0. The third kappa shape index (κ3) is 7.12. The quantitative estimate of drug-likeness (QED) is 0.230. The highest BCUT2D eigenvalue weighted by atomic mass is 17.0. The fraction of sp³-hybridized carbons (Fsp3) is 0.941. The molecule has 0 aromatic heterocycles. The highest BCUT2D eigenvalue weighted by molar-refractivity contribution is 5.69. The first kappa shape index (κ1) is 23.4. The average Bonchev–Trinajstić information content (AvgIpc) is 3.30. The van der Waals surface area contributed by atoms with E-state index in [1.807, 2.05) is 0 Å². The van der Waals surface area contributed by atoms with Crippen molar-refractivity contribution in [3.63, 3.8) is 0 Å². The van der Waals surface area contributed by atoms with Gasteiger partial charge in [-0.05, 0) is 32.1 Å². The zero-order valence-electron chi connectivity index (χ0n) is 16.8. The zero-order chi connectivity index (χ0) is 22.2. The van der Waals surface area contributed by atoms with Gasteiger partial charge in [0.15, 0.2) is 12.4 Å². The number of fused-ring (bicyclic) bond motifs is 1. The minimum Gasteiger partial charge on any atom is -0.457 e. The molecule has 0 aromatic rings. The summed E-state index contributed by atoms with van der Waals surface area (Å²) < 4.78 is 28.4. The summed E-state index contributed by atoms with van der Waals surface area (Å²) in [6.07, 6.45) is -0.109. The van der Waals surface area contributed by atoms with E-state index >= 15 is 0 Å². The second kappa shape index (κ2) is 11.4. The molecule has 3 aliphatic heterocycles. The van der Waals surface area contributed by atoms with Crippen molar-refractivity contribution in [2.24, 2.45) is 0 Å². The van der Waals surface area contributed by atoms with Crippen LogP contribution in [0.1, 0.15) is 38.5 Å². The van der Waals surface area contributed by atoms with E-state index in [-0.39, 0.29) is 44.4 Å². The van der Waals surface area contributed by atoms with Crippen LogP contribution in [0.3, 0.4) is 0 Å². The fourth-order valence-corrected chi connectivity index (χ4v) is 3.79. The lowest BCUT2D eigenvalue weighted by atomic mass is 10.1. The molecule has 0 aromatic carbocycles. The van der Waals surface area contributed by atoms with E-state index in [4.69, 9.17) is 23.7 Å². The molecule has 0 saturated carbocycles. The van der Waals surface area contributed by atoms with E-state index in [0.29, 0.717) is 13.2 Å². The predicted molar refractivity (Wildman–Crippen MR) is 96.5 cm³/mol. The van der Waals surface area contributed by atoms with Gasteiger partial charge in [0.25, 0.3) is 10.2 Å². The molecule has 3 heterocycles. The van der Waals surface area contributed by atoms with Gasteiger partial charge in [0.05, 0.1) is 13.2 Å². The molecule has 0 N–H and O–H groups in total. The van der Waals surface area contributed by atoms with E-state index in [1.54, 1.807) is 0 Å². The Labute approximate surface area is 177 Å². The number of rotatable bonds is 12. The van der Waals surface area contributed by atoms with Gasteiger partial charge < -0.3 is 33.4 Å². The number of hydrogen-bond donors (Lipinski definition) is 0. The number of esters is 1. The van der Waals surface area contributed by atoms with Gasteiger partial charge in [0, 0.05) is 13.0 Å². The molecule has 14 heteroatoms. The maximum atomic E-state index is 12.2. The third-order valence-corrected chi connectivity index (χ3v) is 5.22. The molecule has 0 spiro atoms. The highest BCUT2D eigenvalue weighted by Crippen LogP contribution is 2.32. The van der Waals surface area contributed by atoms with Gasteiger partial charge in [0.2, 0.25) is 0 Å². The first-order valence-electron chi connectivity index (χ1n) is 10.2. The van der Waals surface area contributed by atoms with Gasteiger partial charge in [-0.1, -0.05) is 0 Å². The fourth-order valence-electron chi connectivity index (χ4n) is 3.79. The Bertz CT molecular complexity index is 628. The lowest BCUT2D eigenvalue weighted by molar-refractivity contribution is -0.790. The predicted octanol–water partition coefficient (Wildman–Crippen LogP) is 0.563. The van der Waals surface area contributed by atoms with Crippen molar-refractivity contribution in [1.82, 2.24) is 0 Å². The summed E-state index contributed by atoms with van der Waals surface area (Å²) in [6.45, 7) is 0.554. The molecule has 0 aliphatic carbocycles. The molecular weight excluding hydrogens is 424 g/mol. The van der Waals surface area contributed by atoms with E-state index < -0.39 is 41.1 Å². The molecule has 0 bridgehead atoms. The normalized spacial score (nSPS) is 30.9. The van der Waals surface area contributed by atoms with Crippen LogP contribution in [-0.2, 0) is 38.2 Å². The largest absolute Gasteiger partial charge is 0.457 e. The van der Waals surface area contributed by atoms with E-state index in [1.165, 1.54) is 0 Å². The van der Waals surface area contributed by atoms with Crippen molar-refractivity contribution in [1.29, 1.82) is 0 Å². The van der Waals surface area contributed by atoms with E-state index in [0.717, 1.165) is 19.3 Å². The van der Waals surface area contributed by atoms with Crippen LogP contribution < -0.4 is 0 Å². The Balaban J connectivity index is 1.37. The van der Waals surface area contributed by atoms with Gasteiger partial charge in [-0.15, -0.1) is 20.2 Å². The number of carbonyl (C=O) groups excluding carboxylic acids is 1.